The van der Waals surface area contributed by atoms with Gasteiger partial charge in [0.2, 0.25) is 5.91 Å². The van der Waals surface area contributed by atoms with Crippen molar-refractivity contribution in [3.63, 3.8) is 0 Å². The molecule has 0 unspecified atom stereocenters. The largest absolute Gasteiger partial charge is 0.416 e. The number of aromatic nitrogens is 1. The molecule has 0 saturated heterocycles. The zero-order valence-corrected chi connectivity index (χ0v) is 16.8. The fraction of sp³-hybridized carbons (Fsp3) is 0.400. The van der Waals surface area contributed by atoms with Gasteiger partial charge in [0.05, 0.1) is 22.3 Å². The van der Waals surface area contributed by atoms with Gasteiger partial charge in [-0.1, -0.05) is 12.1 Å². The lowest BCUT2D eigenvalue weighted by molar-refractivity contribution is -0.137. The first-order valence-corrected chi connectivity index (χ1v) is 11.1. The Labute approximate surface area is 172 Å². The van der Waals surface area contributed by atoms with Gasteiger partial charge in [0.1, 0.15) is 5.82 Å². The molecule has 1 amide bonds. The first-order valence-electron chi connectivity index (χ1n) is 9.51. The summed E-state index contributed by atoms with van der Waals surface area (Å²) in [7, 11) is -3.86. The first-order chi connectivity index (χ1) is 14.2. The molecule has 1 aliphatic rings. The molecular formula is C20H22F3N3O3S. The highest BCUT2D eigenvalue weighted by Gasteiger charge is 2.35. The summed E-state index contributed by atoms with van der Waals surface area (Å²) in [5, 5.41) is 5.02. The third kappa shape index (κ3) is 5.57. The van der Waals surface area contributed by atoms with Crippen LogP contribution >= 0.6 is 0 Å². The van der Waals surface area contributed by atoms with Gasteiger partial charge in [-0.05, 0) is 56.0 Å². The van der Waals surface area contributed by atoms with Crippen molar-refractivity contribution >= 4 is 21.6 Å². The lowest BCUT2D eigenvalue weighted by Crippen LogP contribution is -2.40. The Morgan fingerprint density at radius 3 is 2.43 bits per heavy atom. The number of hydrogen-bond acceptors (Lipinski definition) is 5. The summed E-state index contributed by atoms with van der Waals surface area (Å²) in [5.74, 6) is 0.188. The Hall–Kier alpha value is -2.46. The smallest absolute Gasteiger partial charge is 0.310 e. The standard InChI is InChI=1S/C20H22F3N3O3S/c21-20(22,23)14-4-3-5-17(12-14)30(28,29)16-9-7-15(8-10-16)25-13-19(27)26-18-6-1-2-11-24-18/h1-6,11-12,15-16,25H,7-10,13H2,(H,24,26,27)/t15-,16+. The van der Waals surface area contributed by atoms with E-state index in [1.807, 2.05) is 0 Å². The van der Waals surface area contributed by atoms with E-state index in [0.717, 1.165) is 12.1 Å². The monoisotopic (exact) mass is 441 g/mol. The zero-order chi connectivity index (χ0) is 21.8. The van der Waals surface area contributed by atoms with Crippen LogP contribution in [0.3, 0.4) is 0 Å². The maximum absolute atomic E-state index is 12.9. The van der Waals surface area contributed by atoms with E-state index in [-0.39, 0.29) is 23.4 Å². The second-order valence-corrected chi connectivity index (χ2v) is 9.42. The molecule has 0 aliphatic heterocycles. The Bertz CT molecular complexity index is 974. The molecule has 1 aromatic carbocycles. The number of anilines is 1. The van der Waals surface area contributed by atoms with Gasteiger partial charge >= 0.3 is 6.18 Å². The van der Waals surface area contributed by atoms with Gasteiger partial charge in [0.15, 0.2) is 9.84 Å². The number of carbonyl (C=O) groups excluding carboxylic acids is 1. The van der Waals surface area contributed by atoms with Crippen LogP contribution in [0.1, 0.15) is 31.2 Å². The minimum atomic E-state index is -4.59. The van der Waals surface area contributed by atoms with Gasteiger partial charge in [-0.25, -0.2) is 13.4 Å². The average Bonchev–Trinajstić information content (AvgIpc) is 2.73. The Morgan fingerprint density at radius 1 is 1.07 bits per heavy atom. The molecule has 1 fully saturated rings. The highest BCUT2D eigenvalue weighted by molar-refractivity contribution is 7.92. The minimum Gasteiger partial charge on any atom is -0.310 e. The first kappa shape index (κ1) is 22.2. The SMILES string of the molecule is O=C(CN[C@H]1CC[C@@H](S(=O)(=O)c2cccc(C(F)(F)F)c2)CC1)Nc1ccccn1. The average molecular weight is 441 g/mol. The quantitative estimate of drug-likeness (QED) is 0.717. The van der Waals surface area contributed by atoms with E-state index in [4.69, 9.17) is 0 Å². The molecular weight excluding hydrogens is 419 g/mol. The van der Waals surface area contributed by atoms with Crippen LogP contribution in [0, 0.1) is 0 Å². The van der Waals surface area contributed by atoms with Gasteiger partial charge in [0.25, 0.3) is 0 Å². The molecule has 162 valence electrons. The van der Waals surface area contributed by atoms with E-state index in [1.165, 1.54) is 6.07 Å². The predicted octanol–water partition coefficient (Wildman–Crippen LogP) is 3.41. The molecule has 0 spiro atoms. The number of alkyl halides is 3. The molecule has 1 saturated carbocycles. The second-order valence-electron chi connectivity index (χ2n) is 7.19. The van der Waals surface area contributed by atoms with Crippen molar-refractivity contribution in [3.05, 3.63) is 54.2 Å². The Kier molecular flexibility index (Phi) is 6.77. The van der Waals surface area contributed by atoms with E-state index in [9.17, 15) is 26.4 Å². The highest BCUT2D eigenvalue weighted by atomic mass is 32.2. The van der Waals surface area contributed by atoms with Crippen LogP contribution < -0.4 is 10.6 Å². The van der Waals surface area contributed by atoms with Crippen LogP contribution in [0.2, 0.25) is 0 Å². The van der Waals surface area contributed by atoms with E-state index >= 15 is 0 Å². The maximum Gasteiger partial charge on any atom is 0.416 e. The molecule has 30 heavy (non-hydrogen) atoms. The van der Waals surface area contributed by atoms with Crippen molar-refractivity contribution in [2.24, 2.45) is 0 Å². The molecule has 2 aromatic rings. The number of hydrogen-bond donors (Lipinski definition) is 2. The summed E-state index contributed by atoms with van der Waals surface area (Å²) < 4.78 is 64.3. The molecule has 1 aliphatic carbocycles. The van der Waals surface area contributed by atoms with Crippen molar-refractivity contribution in [3.8, 4) is 0 Å². The number of nitrogens with one attached hydrogen (secondary N) is 2. The topological polar surface area (TPSA) is 88.2 Å². The number of benzene rings is 1. The summed E-state index contributed by atoms with van der Waals surface area (Å²) in [5.41, 5.74) is -0.974. The number of pyridine rings is 1. The zero-order valence-electron chi connectivity index (χ0n) is 16.0. The highest BCUT2D eigenvalue weighted by Crippen LogP contribution is 2.33. The number of amides is 1. The van der Waals surface area contributed by atoms with Crippen molar-refractivity contribution < 1.29 is 26.4 Å². The molecule has 0 atom stereocenters. The molecule has 3 rings (SSSR count). The Morgan fingerprint density at radius 2 is 1.80 bits per heavy atom. The van der Waals surface area contributed by atoms with E-state index in [1.54, 1.807) is 24.4 Å². The van der Waals surface area contributed by atoms with Crippen molar-refractivity contribution in [2.45, 2.75) is 48.0 Å². The molecule has 1 heterocycles. The number of carbonyl (C=O) groups is 1. The van der Waals surface area contributed by atoms with Crippen LogP contribution in [-0.4, -0.2) is 37.1 Å². The van der Waals surface area contributed by atoms with Crippen LogP contribution in [0.15, 0.2) is 53.6 Å². The molecule has 6 nitrogen and oxygen atoms in total. The maximum atomic E-state index is 12.9. The van der Waals surface area contributed by atoms with Crippen molar-refractivity contribution in [2.75, 3.05) is 11.9 Å². The summed E-state index contributed by atoms with van der Waals surface area (Å²) in [6.45, 7) is 0.0618. The lowest BCUT2D eigenvalue weighted by Gasteiger charge is -2.29. The van der Waals surface area contributed by atoms with Crippen LogP contribution in [0.25, 0.3) is 0 Å². The third-order valence-electron chi connectivity index (χ3n) is 5.09. The van der Waals surface area contributed by atoms with Crippen molar-refractivity contribution in [1.82, 2.24) is 10.3 Å². The predicted molar refractivity (Wildman–Crippen MR) is 106 cm³/mol. The number of nitrogens with zero attached hydrogens (tertiary/aromatic N) is 1. The number of rotatable bonds is 6. The van der Waals surface area contributed by atoms with Crippen LogP contribution in [0.4, 0.5) is 19.0 Å². The van der Waals surface area contributed by atoms with Crippen molar-refractivity contribution in [1.29, 1.82) is 0 Å². The van der Waals surface area contributed by atoms with Gasteiger partial charge in [0, 0.05) is 12.2 Å². The van der Waals surface area contributed by atoms with E-state index in [2.05, 4.69) is 15.6 Å². The summed E-state index contributed by atoms with van der Waals surface area (Å²) in [6.07, 6.45) is -1.37. The number of sulfone groups is 1. The summed E-state index contributed by atoms with van der Waals surface area (Å²) in [6, 6.07) is 8.99. The molecule has 1 aromatic heterocycles. The van der Waals surface area contributed by atoms with Crippen LogP contribution in [0.5, 0.6) is 0 Å². The Balaban J connectivity index is 1.53. The molecule has 2 N–H and O–H groups in total. The minimum absolute atomic E-state index is 0.0348. The summed E-state index contributed by atoms with van der Waals surface area (Å²) in [4.78, 5) is 15.7. The molecule has 0 bridgehead atoms. The molecule has 0 radical (unpaired) electrons. The summed E-state index contributed by atoms with van der Waals surface area (Å²) >= 11 is 0. The van der Waals surface area contributed by atoms with E-state index in [0.29, 0.717) is 37.6 Å². The van der Waals surface area contributed by atoms with Crippen LogP contribution in [-0.2, 0) is 20.8 Å². The fourth-order valence-electron chi connectivity index (χ4n) is 3.48. The number of halogens is 3. The molecule has 10 heteroatoms. The normalized spacial score (nSPS) is 20.0. The fourth-order valence-corrected chi connectivity index (χ4v) is 5.32. The van der Waals surface area contributed by atoms with Gasteiger partial charge in [-0.3, -0.25) is 4.79 Å². The second kappa shape index (κ2) is 9.13. The van der Waals surface area contributed by atoms with E-state index < -0.39 is 26.8 Å². The lowest BCUT2D eigenvalue weighted by atomic mass is 9.95. The van der Waals surface area contributed by atoms with Gasteiger partial charge < -0.3 is 10.6 Å². The van der Waals surface area contributed by atoms with Gasteiger partial charge in [-0.15, -0.1) is 0 Å². The van der Waals surface area contributed by atoms with Gasteiger partial charge in [-0.2, -0.15) is 13.2 Å². The third-order valence-corrected chi connectivity index (χ3v) is 7.35.